The van der Waals surface area contributed by atoms with E-state index in [0.29, 0.717) is 0 Å². The van der Waals surface area contributed by atoms with Crippen LogP contribution in [-0.2, 0) is 0 Å². The zero-order chi connectivity index (χ0) is 12.9. The Morgan fingerprint density at radius 3 is 2.47 bits per heavy atom. The molecule has 3 heteroatoms. The highest BCUT2D eigenvalue weighted by Crippen LogP contribution is 2.06. The van der Waals surface area contributed by atoms with Gasteiger partial charge in [0, 0.05) is 11.8 Å². The van der Waals surface area contributed by atoms with Crippen molar-refractivity contribution in [2.45, 2.75) is 52.0 Å². The molecule has 1 unspecified atom stereocenters. The number of unbranched alkanes of at least 4 members (excludes halogenated alkanes) is 3. The summed E-state index contributed by atoms with van der Waals surface area (Å²) in [6, 6.07) is 0.719. The smallest absolute Gasteiger partial charge is 0.0154 e. The van der Waals surface area contributed by atoms with E-state index in [4.69, 9.17) is 0 Å². The number of hydrogen-bond donors (Lipinski definition) is 1. The molecule has 1 N–H and O–H groups in total. The molecule has 0 rings (SSSR count). The molecular formula is C14H32N2S. The predicted molar refractivity (Wildman–Crippen MR) is 82.1 cm³/mol. The molecule has 0 amide bonds. The van der Waals surface area contributed by atoms with Crippen LogP contribution in [0.25, 0.3) is 0 Å². The number of rotatable bonds is 12. The summed E-state index contributed by atoms with van der Waals surface area (Å²) < 4.78 is 0. The molecule has 17 heavy (non-hydrogen) atoms. The van der Waals surface area contributed by atoms with Crippen molar-refractivity contribution in [3.8, 4) is 0 Å². The van der Waals surface area contributed by atoms with E-state index in [1.54, 1.807) is 0 Å². The molecule has 0 aliphatic rings. The van der Waals surface area contributed by atoms with E-state index in [1.165, 1.54) is 57.5 Å². The number of nitrogens with one attached hydrogen (secondary N) is 1. The quantitative estimate of drug-likeness (QED) is 0.542. The van der Waals surface area contributed by atoms with Crippen molar-refractivity contribution < 1.29 is 0 Å². The van der Waals surface area contributed by atoms with Gasteiger partial charge in [0.2, 0.25) is 0 Å². The van der Waals surface area contributed by atoms with Gasteiger partial charge < -0.3 is 10.2 Å². The van der Waals surface area contributed by atoms with Gasteiger partial charge in [-0.1, -0.05) is 19.8 Å². The van der Waals surface area contributed by atoms with E-state index < -0.39 is 0 Å². The van der Waals surface area contributed by atoms with Gasteiger partial charge >= 0.3 is 0 Å². The van der Waals surface area contributed by atoms with Crippen LogP contribution in [0.15, 0.2) is 0 Å². The number of thioether (sulfide) groups is 1. The normalized spacial score (nSPS) is 13.2. The molecule has 0 saturated heterocycles. The maximum Gasteiger partial charge on any atom is 0.0154 e. The van der Waals surface area contributed by atoms with Crippen molar-refractivity contribution in [1.29, 1.82) is 0 Å². The summed E-state index contributed by atoms with van der Waals surface area (Å²) in [6.45, 7) is 8.18. The average molecular weight is 260 g/mol. The fraction of sp³-hybridized carbons (Fsp3) is 1.00. The van der Waals surface area contributed by atoms with Gasteiger partial charge in [-0.2, -0.15) is 11.8 Å². The average Bonchev–Trinajstić information content (AvgIpc) is 2.32. The third kappa shape index (κ3) is 11.1. The number of nitrogens with zero attached hydrogens (tertiary/aromatic N) is 1. The molecule has 0 spiro atoms. The predicted octanol–water partition coefficient (Wildman–Crippen LogP) is 3.23. The van der Waals surface area contributed by atoms with Crippen LogP contribution in [0.3, 0.4) is 0 Å². The van der Waals surface area contributed by atoms with Crippen LogP contribution in [0.1, 0.15) is 46.0 Å². The minimum atomic E-state index is 0.719. The van der Waals surface area contributed by atoms with Crippen molar-refractivity contribution in [2.24, 2.45) is 0 Å². The SMILES string of the molecule is CCCNCCCCCCN(C)C(C)CSC. The second-order valence-corrected chi connectivity index (χ2v) is 5.86. The van der Waals surface area contributed by atoms with Gasteiger partial charge in [0.1, 0.15) is 0 Å². The summed E-state index contributed by atoms with van der Waals surface area (Å²) in [6.07, 6.45) is 8.88. The summed E-state index contributed by atoms with van der Waals surface area (Å²) >= 11 is 1.94. The van der Waals surface area contributed by atoms with E-state index >= 15 is 0 Å². The lowest BCUT2D eigenvalue weighted by atomic mass is 10.2. The highest BCUT2D eigenvalue weighted by atomic mass is 32.2. The maximum absolute atomic E-state index is 3.46. The Bertz CT molecular complexity index is 153. The van der Waals surface area contributed by atoms with E-state index in [1.807, 2.05) is 11.8 Å². The van der Waals surface area contributed by atoms with Crippen molar-refractivity contribution >= 4 is 11.8 Å². The molecule has 0 aromatic rings. The van der Waals surface area contributed by atoms with Gasteiger partial charge in [0.25, 0.3) is 0 Å². The third-order valence-corrected chi connectivity index (χ3v) is 4.02. The first-order valence-corrected chi connectivity index (χ1v) is 8.51. The molecule has 0 aromatic heterocycles. The second-order valence-electron chi connectivity index (χ2n) is 4.95. The first-order valence-electron chi connectivity index (χ1n) is 7.12. The summed E-state index contributed by atoms with van der Waals surface area (Å²) in [7, 11) is 2.25. The summed E-state index contributed by atoms with van der Waals surface area (Å²) in [5.41, 5.74) is 0. The standard InChI is InChI=1S/C14H32N2S/c1-5-10-15-11-8-6-7-9-12-16(3)14(2)13-17-4/h14-15H,5-13H2,1-4H3. The minimum absolute atomic E-state index is 0.719. The summed E-state index contributed by atoms with van der Waals surface area (Å²) in [5.74, 6) is 1.25. The van der Waals surface area contributed by atoms with E-state index in [-0.39, 0.29) is 0 Å². The molecule has 0 bridgehead atoms. The Labute approximate surface area is 113 Å². The second kappa shape index (κ2) is 12.7. The molecule has 0 saturated carbocycles. The molecule has 0 heterocycles. The first kappa shape index (κ1) is 17.3. The molecule has 2 nitrogen and oxygen atoms in total. The van der Waals surface area contributed by atoms with Crippen molar-refractivity contribution in [3.05, 3.63) is 0 Å². The number of hydrogen-bond acceptors (Lipinski definition) is 3. The maximum atomic E-state index is 3.46. The van der Waals surface area contributed by atoms with Gasteiger partial charge in [0.15, 0.2) is 0 Å². The fourth-order valence-corrected chi connectivity index (χ4v) is 2.59. The largest absolute Gasteiger partial charge is 0.317 e. The molecule has 0 aliphatic heterocycles. The molecule has 104 valence electrons. The highest BCUT2D eigenvalue weighted by Gasteiger charge is 2.06. The molecular weight excluding hydrogens is 228 g/mol. The zero-order valence-electron chi connectivity index (χ0n) is 12.3. The summed E-state index contributed by atoms with van der Waals surface area (Å²) in [4.78, 5) is 2.49. The van der Waals surface area contributed by atoms with Gasteiger partial charge in [-0.15, -0.1) is 0 Å². The van der Waals surface area contributed by atoms with E-state index in [2.05, 4.69) is 37.4 Å². The summed E-state index contributed by atoms with van der Waals surface area (Å²) in [5, 5.41) is 3.46. The Hall–Kier alpha value is 0.270. The van der Waals surface area contributed by atoms with Gasteiger partial charge in [0.05, 0.1) is 0 Å². The van der Waals surface area contributed by atoms with Crippen LogP contribution in [0.5, 0.6) is 0 Å². The third-order valence-electron chi connectivity index (χ3n) is 3.20. The molecule has 0 aromatic carbocycles. The Morgan fingerprint density at radius 1 is 1.12 bits per heavy atom. The lowest BCUT2D eigenvalue weighted by Gasteiger charge is -2.23. The van der Waals surface area contributed by atoms with Crippen molar-refractivity contribution in [2.75, 3.05) is 38.7 Å². The monoisotopic (exact) mass is 260 g/mol. The first-order chi connectivity index (χ1) is 8.22. The van der Waals surface area contributed by atoms with Crippen molar-refractivity contribution in [3.63, 3.8) is 0 Å². The van der Waals surface area contributed by atoms with Gasteiger partial charge in [-0.3, -0.25) is 0 Å². The Kier molecular flexibility index (Phi) is 12.9. The molecule has 0 fully saturated rings. The molecule has 1 atom stereocenters. The lowest BCUT2D eigenvalue weighted by molar-refractivity contribution is 0.271. The van der Waals surface area contributed by atoms with Crippen LogP contribution < -0.4 is 5.32 Å². The molecule has 0 radical (unpaired) electrons. The topological polar surface area (TPSA) is 15.3 Å². The van der Waals surface area contributed by atoms with Crippen LogP contribution in [0.4, 0.5) is 0 Å². The van der Waals surface area contributed by atoms with Gasteiger partial charge in [-0.25, -0.2) is 0 Å². The van der Waals surface area contributed by atoms with Gasteiger partial charge in [-0.05, 0) is 59.1 Å². The van der Waals surface area contributed by atoms with E-state index in [9.17, 15) is 0 Å². The van der Waals surface area contributed by atoms with Crippen molar-refractivity contribution in [1.82, 2.24) is 10.2 Å². The lowest BCUT2D eigenvalue weighted by Crippen LogP contribution is -2.31. The van der Waals surface area contributed by atoms with Crippen LogP contribution in [0, 0.1) is 0 Å². The minimum Gasteiger partial charge on any atom is -0.317 e. The Morgan fingerprint density at radius 2 is 1.82 bits per heavy atom. The fourth-order valence-electron chi connectivity index (χ4n) is 1.86. The highest BCUT2D eigenvalue weighted by molar-refractivity contribution is 7.98. The zero-order valence-corrected chi connectivity index (χ0v) is 13.1. The Balaban J connectivity index is 3.21. The van der Waals surface area contributed by atoms with Crippen LogP contribution in [-0.4, -0.2) is 49.6 Å². The van der Waals surface area contributed by atoms with E-state index in [0.717, 1.165) is 6.04 Å². The van der Waals surface area contributed by atoms with Crippen LogP contribution >= 0.6 is 11.8 Å². The molecule has 0 aliphatic carbocycles. The van der Waals surface area contributed by atoms with Crippen LogP contribution in [0.2, 0.25) is 0 Å².